The summed E-state index contributed by atoms with van der Waals surface area (Å²) < 4.78 is 0. The summed E-state index contributed by atoms with van der Waals surface area (Å²) in [5.74, 6) is 0. The molecule has 0 saturated heterocycles. The first-order valence-corrected chi connectivity index (χ1v) is 7.04. The van der Waals surface area contributed by atoms with E-state index in [2.05, 4.69) is 74.5 Å². The van der Waals surface area contributed by atoms with Crippen LogP contribution in [0.3, 0.4) is 0 Å². The van der Waals surface area contributed by atoms with Crippen LogP contribution < -0.4 is 0 Å². The van der Waals surface area contributed by atoms with Gasteiger partial charge in [-0.1, -0.05) is 59.7 Å². The zero-order valence-corrected chi connectivity index (χ0v) is 11.8. The van der Waals surface area contributed by atoms with Crippen molar-refractivity contribution in [2.75, 3.05) is 0 Å². The van der Waals surface area contributed by atoms with Crippen LogP contribution in [-0.4, -0.2) is 0 Å². The van der Waals surface area contributed by atoms with Crippen LogP contribution in [0.4, 0.5) is 0 Å². The topological polar surface area (TPSA) is 0 Å². The summed E-state index contributed by atoms with van der Waals surface area (Å²) in [6.45, 7) is 4.30. The molecule has 0 nitrogen and oxygen atoms in total. The van der Waals surface area contributed by atoms with Crippen LogP contribution in [0.15, 0.2) is 60.7 Å². The first-order chi connectivity index (χ1) is 9.70. The van der Waals surface area contributed by atoms with Gasteiger partial charge in [-0.2, -0.15) is 0 Å². The van der Waals surface area contributed by atoms with Gasteiger partial charge in [0.15, 0.2) is 0 Å². The van der Waals surface area contributed by atoms with Gasteiger partial charge in [0.25, 0.3) is 0 Å². The van der Waals surface area contributed by atoms with Crippen molar-refractivity contribution in [3.05, 3.63) is 71.8 Å². The van der Waals surface area contributed by atoms with Crippen molar-refractivity contribution in [2.24, 2.45) is 0 Å². The fourth-order valence-corrected chi connectivity index (χ4v) is 3.05. The Morgan fingerprint density at radius 3 is 1.85 bits per heavy atom. The second kappa shape index (κ2) is 4.08. The number of fused-ring (bicyclic) bond motifs is 4. The number of hydrogen-bond donors (Lipinski definition) is 0. The molecule has 0 heteroatoms. The Hall–Kier alpha value is -2.34. The standard InChI is InChI=1S/C20H16/c1-13-3-5-15-11-17-7-6-16-9-14(2)4-8-19(16)20(17)12-18(15)10-13/h3-12H,1-2H3. The Balaban J connectivity index is 2.19. The summed E-state index contributed by atoms with van der Waals surface area (Å²) in [4.78, 5) is 0. The minimum Gasteiger partial charge on any atom is -0.0587 e. The van der Waals surface area contributed by atoms with E-state index in [9.17, 15) is 0 Å². The van der Waals surface area contributed by atoms with E-state index < -0.39 is 0 Å². The van der Waals surface area contributed by atoms with Gasteiger partial charge in [-0.15, -0.1) is 0 Å². The minimum atomic E-state index is 1.31. The first kappa shape index (κ1) is 11.5. The smallest absolute Gasteiger partial charge is 0.00990 e. The molecule has 96 valence electrons. The predicted molar refractivity (Wildman–Crippen MR) is 88.4 cm³/mol. The third kappa shape index (κ3) is 1.69. The molecule has 0 saturated carbocycles. The number of aryl methyl sites for hydroxylation is 2. The Bertz CT molecular complexity index is 962. The third-order valence-electron chi connectivity index (χ3n) is 4.10. The fraction of sp³-hybridized carbons (Fsp3) is 0.100. The van der Waals surface area contributed by atoms with Crippen LogP contribution in [-0.2, 0) is 0 Å². The second-order valence-corrected chi connectivity index (χ2v) is 5.71. The van der Waals surface area contributed by atoms with E-state index in [-0.39, 0.29) is 0 Å². The summed E-state index contributed by atoms with van der Waals surface area (Å²) in [6.07, 6.45) is 0. The monoisotopic (exact) mass is 256 g/mol. The zero-order valence-electron chi connectivity index (χ0n) is 11.8. The van der Waals surface area contributed by atoms with Crippen molar-refractivity contribution in [1.82, 2.24) is 0 Å². The van der Waals surface area contributed by atoms with Crippen molar-refractivity contribution in [2.45, 2.75) is 13.8 Å². The van der Waals surface area contributed by atoms with Crippen LogP contribution >= 0.6 is 0 Å². The van der Waals surface area contributed by atoms with Gasteiger partial charge in [-0.3, -0.25) is 0 Å². The normalized spacial score (nSPS) is 11.5. The molecule has 0 aliphatic carbocycles. The van der Waals surface area contributed by atoms with E-state index >= 15 is 0 Å². The average Bonchev–Trinajstić information content (AvgIpc) is 2.44. The largest absolute Gasteiger partial charge is 0.0587 e. The zero-order chi connectivity index (χ0) is 13.7. The van der Waals surface area contributed by atoms with Crippen molar-refractivity contribution >= 4 is 32.3 Å². The molecule has 0 aromatic heterocycles. The highest BCUT2D eigenvalue weighted by molar-refractivity contribution is 6.12. The lowest BCUT2D eigenvalue weighted by Crippen LogP contribution is -1.82. The van der Waals surface area contributed by atoms with Crippen LogP contribution in [0.1, 0.15) is 11.1 Å². The van der Waals surface area contributed by atoms with E-state index in [1.54, 1.807) is 0 Å². The molecule has 0 aliphatic rings. The summed E-state index contributed by atoms with van der Waals surface area (Å²) >= 11 is 0. The maximum atomic E-state index is 2.33. The highest BCUT2D eigenvalue weighted by Crippen LogP contribution is 2.30. The maximum Gasteiger partial charge on any atom is -0.00990 e. The SMILES string of the molecule is Cc1ccc2cc3ccc4cc(C)ccc4c3cc2c1. The summed E-state index contributed by atoms with van der Waals surface area (Å²) in [5.41, 5.74) is 2.63. The van der Waals surface area contributed by atoms with Gasteiger partial charge >= 0.3 is 0 Å². The van der Waals surface area contributed by atoms with Crippen molar-refractivity contribution < 1.29 is 0 Å². The van der Waals surface area contributed by atoms with E-state index in [0.717, 1.165) is 0 Å². The molecule has 4 aromatic carbocycles. The maximum absolute atomic E-state index is 2.33. The molecule has 4 aromatic rings. The van der Waals surface area contributed by atoms with E-state index in [1.165, 1.54) is 43.4 Å². The van der Waals surface area contributed by atoms with Crippen LogP contribution in [0.5, 0.6) is 0 Å². The molecule has 0 spiro atoms. The summed E-state index contributed by atoms with van der Waals surface area (Å²) in [7, 11) is 0. The molecular weight excluding hydrogens is 240 g/mol. The molecule has 0 N–H and O–H groups in total. The number of benzene rings is 4. The Morgan fingerprint density at radius 1 is 0.450 bits per heavy atom. The summed E-state index contributed by atoms with van der Waals surface area (Å²) in [5, 5.41) is 7.97. The first-order valence-electron chi connectivity index (χ1n) is 7.04. The molecule has 0 atom stereocenters. The van der Waals surface area contributed by atoms with E-state index in [4.69, 9.17) is 0 Å². The van der Waals surface area contributed by atoms with Gasteiger partial charge in [0, 0.05) is 0 Å². The average molecular weight is 256 g/mol. The van der Waals surface area contributed by atoms with Crippen molar-refractivity contribution in [3.8, 4) is 0 Å². The molecule has 0 fully saturated rings. The number of hydrogen-bond acceptors (Lipinski definition) is 0. The van der Waals surface area contributed by atoms with Crippen LogP contribution in [0.25, 0.3) is 32.3 Å². The van der Waals surface area contributed by atoms with Gasteiger partial charge in [-0.25, -0.2) is 0 Å². The molecular formula is C20H16. The highest BCUT2D eigenvalue weighted by atomic mass is 14.1. The molecule has 0 amide bonds. The summed E-state index contributed by atoms with van der Waals surface area (Å²) in [6, 6.07) is 22.4. The molecule has 4 rings (SSSR count). The van der Waals surface area contributed by atoms with Crippen LogP contribution in [0, 0.1) is 13.8 Å². The lowest BCUT2D eigenvalue weighted by atomic mass is 9.97. The minimum absolute atomic E-state index is 1.31. The van der Waals surface area contributed by atoms with Gasteiger partial charge in [0.1, 0.15) is 0 Å². The highest BCUT2D eigenvalue weighted by Gasteiger charge is 2.03. The quantitative estimate of drug-likeness (QED) is 0.277. The van der Waals surface area contributed by atoms with Crippen molar-refractivity contribution in [3.63, 3.8) is 0 Å². The Kier molecular flexibility index (Phi) is 2.34. The van der Waals surface area contributed by atoms with Crippen molar-refractivity contribution in [1.29, 1.82) is 0 Å². The van der Waals surface area contributed by atoms with Crippen LogP contribution in [0.2, 0.25) is 0 Å². The predicted octanol–water partition coefficient (Wildman–Crippen LogP) is 5.76. The molecule has 0 bridgehead atoms. The lowest BCUT2D eigenvalue weighted by Gasteiger charge is -2.07. The van der Waals surface area contributed by atoms with E-state index in [0.29, 0.717) is 0 Å². The van der Waals surface area contributed by atoms with Gasteiger partial charge in [0.05, 0.1) is 0 Å². The Labute approximate surface area is 118 Å². The molecule has 0 radical (unpaired) electrons. The molecule has 20 heavy (non-hydrogen) atoms. The third-order valence-corrected chi connectivity index (χ3v) is 4.10. The molecule has 0 aliphatic heterocycles. The lowest BCUT2D eigenvalue weighted by molar-refractivity contribution is 1.51. The van der Waals surface area contributed by atoms with E-state index in [1.807, 2.05) is 0 Å². The Morgan fingerprint density at radius 2 is 1.05 bits per heavy atom. The number of rotatable bonds is 0. The van der Waals surface area contributed by atoms with Gasteiger partial charge in [0.2, 0.25) is 0 Å². The second-order valence-electron chi connectivity index (χ2n) is 5.71. The molecule has 0 unspecified atom stereocenters. The fourth-order valence-electron chi connectivity index (χ4n) is 3.05. The molecule has 0 heterocycles. The van der Waals surface area contributed by atoms with Gasteiger partial charge in [-0.05, 0) is 58.3 Å². The van der Waals surface area contributed by atoms with Gasteiger partial charge < -0.3 is 0 Å².